The number of carbonyl (C=O) groups excluding carboxylic acids is 1. The zero-order valence-corrected chi connectivity index (χ0v) is 15.6. The number of para-hydroxylation sites is 1. The third kappa shape index (κ3) is 3.48. The van der Waals surface area contributed by atoms with Crippen LogP contribution < -0.4 is 10.2 Å². The molecule has 30 heavy (non-hydrogen) atoms. The Bertz CT molecular complexity index is 1160. The molecule has 1 atom stereocenters. The van der Waals surface area contributed by atoms with E-state index in [1.54, 1.807) is 48.5 Å². The van der Waals surface area contributed by atoms with Crippen LogP contribution in [0.1, 0.15) is 22.0 Å². The lowest BCUT2D eigenvalue weighted by atomic mass is 10.1. The Morgan fingerprint density at radius 3 is 2.37 bits per heavy atom. The minimum Gasteiger partial charge on any atom is -0.507 e. The quantitative estimate of drug-likeness (QED) is 0.590. The number of phenols is 1. The van der Waals surface area contributed by atoms with Gasteiger partial charge in [-0.25, -0.2) is 9.18 Å². The van der Waals surface area contributed by atoms with Gasteiger partial charge >= 0.3 is 5.97 Å². The summed E-state index contributed by atoms with van der Waals surface area (Å²) < 4.78 is 14.5. The summed E-state index contributed by atoms with van der Waals surface area (Å²) in [6.45, 7) is 0. The fraction of sp³-hybridized carbons (Fsp3) is 0.0435. The van der Waals surface area contributed by atoms with Crippen LogP contribution in [0.25, 0.3) is 0 Å². The number of halogens is 1. The van der Waals surface area contributed by atoms with Gasteiger partial charge < -0.3 is 15.5 Å². The fourth-order valence-corrected chi connectivity index (χ4v) is 3.41. The van der Waals surface area contributed by atoms with Gasteiger partial charge in [0.05, 0.1) is 6.04 Å². The summed E-state index contributed by atoms with van der Waals surface area (Å²) in [6, 6.07) is 18.4. The van der Waals surface area contributed by atoms with E-state index in [4.69, 9.17) is 5.11 Å². The van der Waals surface area contributed by atoms with Gasteiger partial charge in [-0.3, -0.25) is 9.69 Å². The van der Waals surface area contributed by atoms with Gasteiger partial charge in [0, 0.05) is 23.0 Å². The number of aromatic carboxylic acids is 1. The SMILES string of the molecule is O=C(O)c1ccc(NC2=CC(c3ccccc3F)N(c3ccccc3)C2=O)cc1O. The molecule has 0 aromatic heterocycles. The highest BCUT2D eigenvalue weighted by atomic mass is 19.1. The van der Waals surface area contributed by atoms with E-state index in [9.17, 15) is 19.1 Å². The number of nitrogens with one attached hydrogen (secondary N) is 1. The van der Waals surface area contributed by atoms with Crippen molar-refractivity contribution in [2.24, 2.45) is 0 Å². The van der Waals surface area contributed by atoms with Gasteiger partial charge in [-0.1, -0.05) is 36.4 Å². The standard InChI is InChI=1S/C23H17FN2O4/c24-18-9-5-4-8-16(18)20-13-19(22(28)26(20)15-6-2-1-3-7-15)25-14-10-11-17(23(29)30)21(27)12-14/h1-13,20,25,27H,(H,29,30). The van der Waals surface area contributed by atoms with Crippen LogP contribution in [0, 0.1) is 5.82 Å². The Labute approximate surface area is 171 Å². The van der Waals surface area contributed by atoms with Crippen LogP contribution in [-0.4, -0.2) is 22.1 Å². The summed E-state index contributed by atoms with van der Waals surface area (Å²) in [6.07, 6.45) is 1.61. The van der Waals surface area contributed by atoms with Gasteiger partial charge in [0.15, 0.2) is 0 Å². The molecular weight excluding hydrogens is 387 g/mol. The zero-order chi connectivity index (χ0) is 21.3. The van der Waals surface area contributed by atoms with Gasteiger partial charge in [-0.2, -0.15) is 0 Å². The summed E-state index contributed by atoms with van der Waals surface area (Å²) in [4.78, 5) is 25.7. The maximum absolute atomic E-state index is 14.5. The topological polar surface area (TPSA) is 89.9 Å². The van der Waals surface area contributed by atoms with E-state index >= 15 is 0 Å². The van der Waals surface area contributed by atoms with E-state index in [1.165, 1.54) is 29.2 Å². The van der Waals surface area contributed by atoms with Gasteiger partial charge in [-0.05, 0) is 36.4 Å². The van der Waals surface area contributed by atoms with Crippen LogP contribution in [0.15, 0.2) is 84.6 Å². The third-order valence-corrected chi connectivity index (χ3v) is 4.82. The van der Waals surface area contributed by atoms with Gasteiger partial charge in [0.1, 0.15) is 22.8 Å². The first-order valence-electron chi connectivity index (χ1n) is 9.14. The lowest BCUT2D eigenvalue weighted by Crippen LogP contribution is -2.31. The molecule has 1 unspecified atom stereocenters. The number of nitrogens with zero attached hydrogens (tertiary/aromatic N) is 1. The molecule has 6 nitrogen and oxygen atoms in total. The second kappa shape index (κ2) is 7.71. The number of hydrogen-bond donors (Lipinski definition) is 3. The molecule has 0 radical (unpaired) electrons. The molecule has 0 bridgehead atoms. The lowest BCUT2D eigenvalue weighted by molar-refractivity contribution is -0.114. The van der Waals surface area contributed by atoms with Crippen molar-refractivity contribution in [2.75, 3.05) is 10.2 Å². The van der Waals surface area contributed by atoms with Crippen LogP contribution in [0.3, 0.4) is 0 Å². The highest BCUT2D eigenvalue weighted by molar-refractivity contribution is 6.11. The predicted molar refractivity (Wildman–Crippen MR) is 110 cm³/mol. The molecule has 1 aliphatic heterocycles. The summed E-state index contributed by atoms with van der Waals surface area (Å²) in [5.74, 6) is -2.50. The van der Waals surface area contributed by atoms with Crippen molar-refractivity contribution in [1.29, 1.82) is 0 Å². The summed E-state index contributed by atoms with van der Waals surface area (Å²) >= 11 is 0. The van der Waals surface area contributed by atoms with Crippen molar-refractivity contribution in [3.8, 4) is 5.75 Å². The molecule has 1 amide bonds. The maximum atomic E-state index is 14.5. The number of carboxylic acids is 1. The van der Waals surface area contributed by atoms with Crippen LogP contribution in [-0.2, 0) is 4.79 Å². The number of amides is 1. The van der Waals surface area contributed by atoms with Crippen molar-refractivity contribution < 1.29 is 24.2 Å². The smallest absolute Gasteiger partial charge is 0.339 e. The van der Waals surface area contributed by atoms with E-state index in [1.807, 2.05) is 6.07 Å². The molecular formula is C23H17FN2O4. The number of benzene rings is 3. The number of anilines is 2. The minimum atomic E-state index is -1.26. The Hall–Kier alpha value is -4.13. The molecule has 4 rings (SSSR count). The number of aromatic hydroxyl groups is 1. The van der Waals surface area contributed by atoms with Crippen molar-refractivity contribution in [3.63, 3.8) is 0 Å². The highest BCUT2D eigenvalue weighted by Gasteiger charge is 2.36. The molecule has 3 aromatic rings. The molecule has 3 aromatic carbocycles. The highest BCUT2D eigenvalue weighted by Crippen LogP contribution is 2.37. The Morgan fingerprint density at radius 1 is 1.00 bits per heavy atom. The molecule has 0 saturated carbocycles. The molecule has 1 aliphatic rings. The first-order chi connectivity index (χ1) is 14.5. The zero-order valence-electron chi connectivity index (χ0n) is 15.6. The summed E-state index contributed by atoms with van der Waals surface area (Å²) in [5, 5.41) is 21.9. The Morgan fingerprint density at radius 2 is 1.70 bits per heavy atom. The van der Waals surface area contributed by atoms with Gasteiger partial charge in [0.2, 0.25) is 0 Å². The van der Waals surface area contributed by atoms with Gasteiger partial charge in [0.25, 0.3) is 5.91 Å². The van der Waals surface area contributed by atoms with Crippen molar-refractivity contribution in [2.45, 2.75) is 6.04 Å². The third-order valence-electron chi connectivity index (χ3n) is 4.82. The monoisotopic (exact) mass is 404 g/mol. The number of carbonyl (C=O) groups is 2. The predicted octanol–water partition coefficient (Wildman–Crippen LogP) is 4.31. The average molecular weight is 404 g/mol. The second-order valence-electron chi connectivity index (χ2n) is 6.72. The summed E-state index contributed by atoms with van der Waals surface area (Å²) in [5.41, 5.74) is 1.22. The van der Waals surface area contributed by atoms with Crippen LogP contribution in [0.4, 0.5) is 15.8 Å². The fourth-order valence-electron chi connectivity index (χ4n) is 3.41. The van der Waals surface area contributed by atoms with Crippen molar-refractivity contribution in [3.05, 3.63) is 102 Å². The molecule has 3 N–H and O–H groups in total. The first-order valence-corrected chi connectivity index (χ1v) is 9.14. The number of hydrogen-bond acceptors (Lipinski definition) is 4. The molecule has 0 aliphatic carbocycles. The van der Waals surface area contributed by atoms with E-state index in [-0.39, 0.29) is 17.2 Å². The second-order valence-corrected chi connectivity index (χ2v) is 6.72. The van der Waals surface area contributed by atoms with Crippen molar-refractivity contribution >= 4 is 23.3 Å². The number of carboxylic acid groups (broad SMARTS) is 1. The molecule has 150 valence electrons. The van der Waals surface area contributed by atoms with E-state index < -0.39 is 23.6 Å². The van der Waals surface area contributed by atoms with Crippen LogP contribution in [0.5, 0.6) is 5.75 Å². The molecule has 0 spiro atoms. The maximum Gasteiger partial charge on any atom is 0.339 e. The largest absolute Gasteiger partial charge is 0.507 e. The molecule has 0 fully saturated rings. The molecule has 7 heteroatoms. The van der Waals surface area contributed by atoms with Crippen LogP contribution in [0.2, 0.25) is 0 Å². The van der Waals surface area contributed by atoms with E-state index in [0.717, 1.165) is 0 Å². The number of rotatable bonds is 5. The van der Waals surface area contributed by atoms with Gasteiger partial charge in [-0.15, -0.1) is 0 Å². The Kier molecular flexibility index (Phi) is 4.93. The van der Waals surface area contributed by atoms with Crippen molar-refractivity contribution in [1.82, 2.24) is 0 Å². The average Bonchev–Trinajstić information content (AvgIpc) is 3.04. The first kappa shape index (κ1) is 19.2. The summed E-state index contributed by atoms with van der Waals surface area (Å²) in [7, 11) is 0. The minimum absolute atomic E-state index is 0.189. The van der Waals surface area contributed by atoms with Crippen LogP contribution >= 0.6 is 0 Å². The molecule has 1 heterocycles. The van der Waals surface area contributed by atoms with E-state index in [2.05, 4.69) is 5.32 Å². The lowest BCUT2D eigenvalue weighted by Gasteiger charge is -2.25. The molecule has 0 saturated heterocycles. The van der Waals surface area contributed by atoms with E-state index in [0.29, 0.717) is 16.9 Å². The Balaban J connectivity index is 1.72. The normalized spacial score (nSPS) is 15.8.